The highest BCUT2D eigenvalue weighted by atomic mass is 16.5. The van der Waals surface area contributed by atoms with Crippen molar-refractivity contribution >= 4 is 11.0 Å². The molecular weight excluding hydrogens is 254 g/mol. The van der Waals surface area contributed by atoms with E-state index in [1.165, 1.54) is 0 Å². The summed E-state index contributed by atoms with van der Waals surface area (Å²) >= 11 is 0. The maximum atomic E-state index is 11.2. The second kappa shape index (κ2) is 5.22. The van der Waals surface area contributed by atoms with Crippen LogP contribution in [0.25, 0.3) is 11.0 Å². The van der Waals surface area contributed by atoms with Gasteiger partial charge in [0.15, 0.2) is 0 Å². The number of fused-ring (bicyclic) bond motifs is 1. The van der Waals surface area contributed by atoms with E-state index < -0.39 is 0 Å². The number of nitrogens with one attached hydrogen (secondary N) is 2. The molecule has 5 heteroatoms. The van der Waals surface area contributed by atoms with Crippen molar-refractivity contribution in [2.45, 2.75) is 6.04 Å². The first kappa shape index (κ1) is 12.5. The van der Waals surface area contributed by atoms with Gasteiger partial charge in [-0.1, -0.05) is 30.3 Å². The van der Waals surface area contributed by atoms with Gasteiger partial charge >= 0.3 is 5.69 Å². The summed E-state index contributed by atoms with van der Waals surface area (Å²) in [7, 11) is 0. The molecule has 0 unspecified atom stereocenters. The van der Waals surface area contributed by atoms with Gasteiger partial charge in [-0.2, -0.15) is 0 Å². The minimum atomic E-state index is -0.224. The second-order valence-corrected chi connectivity index (χ2v) is 4.61. The fourth-order valence-electron chi connectivity index (χ4n) is 2.08. The van der Waals surface area contributed by atoms with Gasteiger partial charge in [0.1, 0.15) is 12.4 Å². The van der Waals surface area contributed by atoms with Gasteiger partial charge in [0.25, 0.3) is 0 Å². The molecule has 102 valence electrons. The van der Waals surface area contributed by atoms with Gasteiger partial charge in [-0.15, -0.1) is 0 Å². The molecule has 0 saturated carbocycles. The minimum absolute atomic E-state index is 0.183. The molecule has 0 radical (unpaired) electrons. The molecule has 1 atom stereocenters. The molecule has 5 nitrogen and oxygen atoms in total. The lowest BCUT2D eigenvalue weighted by atomic mass is 10.1. The molecule has 0 aliphatic rings. The standard InChI is InChI=1S/C15H15N3O2/c16-12(10-4-2-1-3-5-10)9-20-11-6-7-13-14(8-11)18-15(19)17-13/h1-8,12H,9,16H2,(H2,17,18,19)/t12-/m0/s1. The zero-order valence-electron chi connectivity index (χ0n) is 10.8. The molecule has 20 heavy (non-hydrogen) atoms. The number of rotatable bonds is 4. The van der Waals surface area contributed by atoms with E-state index in [4.69, 9.17) is 10.5 Å². The van der Waals surface area contributed by atoms with Gasteiger partial charge < -0.3 is 20.4 Å². The maximum absolute atomic E-state index is 11.2. The Morgan fingerprint density at radius 2 is 1.80 bits per heavy atom. The van der Waals surface area contributed by atoms with Crippen LogP contribution in [0.2, 0.25) is 0 Å². The number of ether oxygens (including phenoxy) is 1. The van der Waals surface area contributed by atoms with Gasteiger partial charge in [-0.05, 0) is 17.7 Å². The van der Waals surface area contributed by atoms with E-state index >= 15 is 0 Å². The average molecular weight is 269 g/mol. The van der Waals surface area contributed by atoms with Crippen molar-refractivity contribution in [1.29, 1.82) is 0 Å². The number of imidazole rings is 1. The van der Waals surface area contributed by atoms with Crippen LogP contribution in [0.15, 0.2) is 53.3 Å². The normalized spacial score (nSPS) is 12.4. The van der Waals surface area contributed by atoms with Crippen LogP contribution in [-0.4, -0.2) is 16.6 Å². The van der Waals surface area contributed by atoms with E-state index in [1.54, 1.807) is 12.1 Å². The summed E-state index contributed by atoms with van der Waals surface area (Å²) in [6.45, 7) is 0.379. The first-order valence-electron chi connectivity index (χ1n) is 6.38. The Morgan fingerprint density at radius 3 is 2.60 bits per heavy atom. The first-order chi connectivity index (χ1) is 9.72. The van der Waals surface area contributed by atoms with Gasteiger partial charge in [0, 0.05) is 6.07 Å². The zero-order chi connectivity index (χ0) is 13.9. The van der Waals surface area contributed by atoms with E-state index in [0.29, 0.717) is 12.4 Å². The van der Waals surface area contributed by atoms with Crippen molar-refractivity contribution < 1.29 is 4.74 Å². The third-order valence-corrected chi connectivity index (χ3v) is 3.14. The van der Waals surface area contributed by atoms with Crippen molar-refractivity contribution in [3.8, 4) is 5.75 Å². The first-order valence-corrected chi connectivity index (χ1v) is 6.38. The molecule has 0 fully saturated rings. The van der Waals surface area contributed by atoms with E-state index in [1.807, 2.05) is 36.4 Å². The quantitative estimate of drug-likeness (QED) is 0.676. The SMILES string of the molecule is N[C@@H](COc1ccc2[nH]c(=O)[nH]c2c1)c1ccccc1. The maximum Gasteiger partial charge on any atom is 0.323 e. The van der Waals surface area contributed by atoms with Gasteiger partial charge in [0.2, 0.25) is 0 Å². The largest absolute Gasteiger partial charge is 0.492 e. The van der Waals surface area contributed by atoms with Crippen LogP contribution in [0.4, 0.5) is 0 Å². The molecule has 3 aromatic rings. The average Bonchev–Trinajstić information content (AvgIpc) is 2.85. The molecule has 4 N–H and O–H groups in total. The van der Waals surface area contributed by atoms with Crippen molar-refractivity contribution in [3.05, 3.63) is 64.6 Å². The van der Waals surface area contributed by atoms with E-state index in [2.05, 4.69) is 9.97 Å². The summed E-state index contributed by atoms with van der Waals surface area (Å²) in [5, 5.41) is 0. The monoisotopic (exact) mass is 269 g/mol. The van der Waals surface area contributed by atoms with Gasteiger partial charge in [0.05, 0.1) is 17.1 Å². The molecule has 0 aliphatic heterocycles. The third-order valence-electron chi connectivity index (χ3n) is 3.14. The van der Waals surface area contributed by atoms with Crippen LogP contribution >= 0.6 is 0 Å². The third kappa shape index (κ3) is 2.57. The van der Waals surface area contributed by atoms with Gasteiger partial charge in [-0.25, -0.2) is 4.79 Å². The lowest BCUT2D eigenvalue weighted by molar-refractivity contribution is 0.291. The van der Waals surface area contributed by atoms with Crippen molar-refractivity contribution in [1.82, 2.24) is 9.97 Å². The molecule has 2 aromatic carbocycles. The molecular formula is C15H15N3O2. The van der Waals surface area contributed by atoms with Crippen molar-refractivity contribution in [2.75, 3.05) is 6.61 Å². The number of nitrogens with two attached hydrogens (primary N) is 1. The highest BCUT2D eigenvalue weighted by molar-refractivity contribution is 5.75. The molecule has 0 aliphatic carbocycles. The summed E-state index contributed by atoms with van der Waals surface area (Å²) < 4.78 is 5.68. The molecule has 3 rings (SSSR count). The smallest absolute Gasteiger partial charge is 0.323 e. The second-order valence-electron chi connectivity index (χ2n) is 4.61. The number of hydrogen-bond acceptors (Lipinski definition) is 3. The summed E-state index contributed by atoms with van der Waals surface area (Å²) in [5.41, 5.74) is 8.36. The zero-order valence-corrected chi connectivity index (χ0v) is 10.8. The van der Waals surface area contributed by atoms with Crippen LogP contribution in [0, 0.1) is 0 Å². The minimum Gasteiger partial charge on any atom is -0.492 e. The Bertz CT molecular complexity index is 761. The summed E-state index contributed by atoms with van der Waals surface area (Å²) in [5.74, 6) is 0.680. The Hall–Kier alpha value is -2.53. The Kier molecular flexibility index (Phi) is 3.26. The van der Waals surface area contributed by atoms with Crippen LogP contribution in [0.1, 0.15) is 11.6 Å². The number of hydrogen-bond donors (Lipinski definition) is 3. The van der Waals surface area contributed by atoms with E-state index in [-0.39, 0.29) is 11.7 Å². The highest BCUT2D eigenvalue weighted by Crippen LogP contribution is 2.18. The topological polar surface area (TPSA) is 83.9 Å². The van der Waals surface area contributed by atoms with Crippen molar-refractivity contribution in [2.24, 2.45) is 5.73 Å². The number of aromatic nitrogens is 2. The number of aromatic amines is 2. The highest BCUT2D eigenvalue weighted by Gasteiger charge is 2.07. The van der Waals surface area contributed by atoms with E-state index in [0.717, 1.165) is 16.6 Å². The fraction of sp³-hybridized carbons (Fsp3) is 0.133. The van der Waals surface area contributed by atoms with Crippen LogP contribution in [0.3, 0.4) is 0 Å². The van der Waals surface area contributed by atoms with Crippen molar-refractivity contribution in [3.63, 3.8) is 0 Å². The van der Waals surface area contributed by atoms with Crippen LogP contribution < -0.4 is 16.2 Å². The molecule has 1 heterocycles. The molecule has 0 spiro atoms. The predicted octanol–water partition coefficient (Wildman–Crippen LogP) is 1.93. The predicted molar refractivity (Wildman–Crippen MR) is 77.8 cm³/mol. The Morgan fingerprint density at radius 1 is 1.05 bits per heavy atom. The summed E-state index contributed by atoms with van der Waals surface area (Å²) in [6.07, 6.45) is 0. The van der Waals surface area contributed by atoms with E-state index in [9.17, 15) is 4.79 Å². The summed E-state index contributed by atoms with van der Waals surface area (Å²) in [6, 6.07) is 15.0. The lowest BCUT2D eigenvalue weighted by Gasteiger charge is -2.13. The van der Waals surface area contributed by atoms with Crippen LogP contribution in [0.5, 0.6) is 5.75 Å². The Labute approximate surface area is 115 Å². The molecule has 1 aromatic heterocycles. The molecule has 0 amide bonds. The summed E-state index contributed by atoms with van der Waals surface area (Å²) in [4.78, 5) is 16.6. The number of H-pyrrole nitrogens is 2. The van der Waals surface area contributed by atoms with Gasteiger partial charge in [-0.3, -0.25) is 0 Å². The van der Waals surface area contributed by atoms with Crippen LogP contribution in [-0.2, 0) is 0 Å². The molecule has 0 bridgehead atoms. The fourth-order valence-corrected chi connectivity index (χ4v) is 2.08. The number of benzene rings is 2. The molecule has 0 saturated heterocycles. The Balaban J connectivity index is 1.72. The lowest BCUT2D eigenvalue weighted by Crippen LogP contribution is -2.18.